The molecule has 1 atom stereocenters. The van der Waals surface area contributed by atoms with Gasteiger partial charge in [-0.1, -0.05) is 23.7 Å². The summed E-state index contributed by atoms with van der Waals surface area (Å²) in [6.07, 6.45) is 3.75. The lowest BCUT2D eigenvalue weighted by Gasteiger charge is -2.23. The number of carboxylic acid groups (broad SMARTS) is 1. The molecule has 0 spiro atoms. The Morgan fingerprint density at radius 1 is 1.37 bits per heavy atom. The summed E-state index contributed by atoms with van der Waals surface area (Å²) >= 11 is 5.96. The summed E-state index contributed by atoms with van der Waals surface area (Å²) in [5, 5.41) is 9.19. The number of halogens is 1. The normalized spacial score (nSPS) is 19.0. The minimum absolute atomic E-state index is 0.0235. The number of nitrogens with zero attached hydrogens (tertiary/aromatic N) is 1. The van der Waals surface area contributed by atoms with Gasteiger partial charge < -0.3 is 10.0 Å². The molecule has 0 saturated carbocycles. The third-order valence-electron chi connectivity index (χ3n) is 3.14. The van der Waals surface area contributed by atoms with Crippen LogP contribution in [0.1, 0.15) is 24.4 Å². The molecule has 1 saturated heterocycles. The quantitative estimate of drug-likeness (QED) is 0.866. The lowest BCUT2D eigenvalue weighted by atomic mass is 10.0. The number of carbonyl (C=O) groups excluding carboxylic acids is 1. The van der Waals surface area contributed by atoms with Gasteiger partial charge in [0, 0.05) is 23.7 Å². The molecular formula is C14H14ClNO3. The Balaban J connectivity index is 2.17. The van der Waals surface area contributed by atoms with E-state index in [0.29, 0.717) is 11.6 Å². The van der Waals surface area contributed by atoms with Crippen LogP contribution in [0, 0.1) is 0 Å². The van der Waals surface area contributed by atoms with Crippen molar-refractivity contribution in [1.82, 2.24) is 4.90 Å². The molecule has 1 heterocycles. The topological polar surface area (TPSA) is 57.6 Å². The van der Waals surface area contributed by atoms with E-state index in [0.717, 1.165) is 30.6 Å². The average Bonchev–Trinajstić information content (AvgIpc) is 2.85. The molecule has 1 aromatic rings. The highest BCUT2D eigenvalue weighted by Gasteiger charge is 2.28. The van der Waals surface area contributed by atoms with Crippen LogP contribution in [0.3, 0.4) is 0 Å². The van der Waals surface area contributed by atoms with E-state index in [1.807, 2.05) is 18.2 Å². The summed E-state index contributed by atoms with van der Waals surface area (Å²) in [6.45, 7) is 0.639. The zero-order valence-electron chi connectivity index (χ0n) is 10.3. The maximum atomic E-state index is 12.0. The molecule has 0 radical (unpaired) electrons. The SMILES string of the molecule is O=C(O)/C=C/C(=O)N1CCCC1c1cccc(Cl)c1. The summed E-state index contributed by atoms with van der Waals surface area (Å²) in [5.74, 6) is -1.39. The molecular weight excluding hydrogens is 266 g/mol. The van der Waals surface area contributed by atoms with E-state index < -0.39 is 5.97 Å². The molecule has 0 bridgehead atoms. The molecule has 1 fully saturated rings. The van der Waals surface area contributed by atoms with Gasteiger partial charge in [-0.3, -0.25) is 4.79 Å². The molecule has 100 valence electrons. The van der Waals surface area contributed by atoms with Gasteiger partial charge in [-0.05, 0) is 30.5 Å². The van der Waals surface area contributed by atoms with Crippen molar-refractivity contribution in [1.29, 1.82) is 0 Å². The summed E-state index contributed by atoms with van der Waals surface area (Å²) in [4.78, 5) is 24.1. The van der Waals surface area contributed by atoms with Crippen molar-refractivity contribution in [2.45, 2.75) is 18.9 Å². The average molecular weight is 280 g/mol. The fraction of sp³-hybridized carbons (Fsp3) is 0.286. The van der Waals surface area contributed by atoms with E-state index in [1.165, 1.54) is 0 Å². The number of rotatable bonds is 3. The van der Waals surface area contributed by atoms with Crippen molar-refractivity contribution in [2.24, 2.45) is 0 Å². The number of aliphatic carboxylic acids is 1. The smallest absolute Gasteiger partial charge is 0.328 e. The van der Waals surface area contributed by atoms with Crippen LogP contribution in [0.5, 0.6) is 0 Å². The molecule has 1 amide bonds. The van der Waals surface area contributed by atoms with Gasteiger partial charge in [0.05, 0.1) is 6.04 Å². The van der Waals surface area contributed by atoms with Crippen LogP contribution in [0.4, 0.5) is 0 Å². The van der Waals surface area contributed by atoms with Gasteiger partial charge >= 0.3 is 5.97 Å². The first kappa shape index (κ1) is 13.6. The maximum Gasteiger partial charge on any atom is 0.328 e. The highest BCUT2D eigenvalue weighted by Crippen LogP contribution is 2.33. The van der Waals surface area contributed by atoms with E-state index in [2.05, 4.69) is 0 Å². The molecule has 19 heavy (non-hydrogen) atoms. The Morgan fingerprint density at radius 2 is 2.16 bits per heavy atom. The number of hydrogen-bond donors (Lipinski definition) is 1. The first-order valence-corrected chi connectivity index (χ1v) is 6.43. The Bertz CT molecular complexity index is 527. The van der Waals surface area contributed by atoms with E-state index in [9.17, 15) is 9.59 Å². The van der Waals surface area contributed by atoms with Gasteiger partial charge in [-0.25, -0.2) is 4.79 Å². The van der Waals surface area contributed by atoms with Crippen molar-refractivity contribution in [3.8, 4) is 0 Å². The van der Waals surface area contributed by atoms with Crippen molar-refractivity contribution < 1.29 is 14.7 Å². The second-order valence-corrected chi connectivity index (χ2v) is 4.85. The van der Waals surface area contributed by atoms with E-state index in [4.69, 9.17) is 16.7 Å². The highest BCUT2D eigenvalue weighted by atomic mass is 35.5. The van der Waals surface area contributed by atoms with Crippen LogP contribution in [0.2, 0.25) is 5.02 Å². The minimum Gasteiger partial charge on any atom is -0.478 e. The molecule has 1 aliphatic rings. The number of carbonyl (C=O) groups is 2. The second kappa shape index (κ2) is 5.89. The van der Waals surface area contributed by atoms with Gasteiger partial charge in [-0.2, -0.15) is 0 Å². The Kier molecular flexibility index (Phi) is 4.22. The number of hydrogen-bond acceptors (Lipinski definition) is 2. The van der Waals surface area contributed by atoms with E-state index >= 15 is 0 Å². The zero-order chi connectivity index (χ0) is 13.8. The van der Waals surface area contributed by atoms with Crippen LogP contribution >= 0.6 is 11.6 Å². The Morgan fingerprint density at radius 3 is 2.84 bits per heavy atom. The van der Waals surface area contributed by atoms with Crippen LogP contribution in [0.15, 0.2) is 36.4 Å². The summed E-state index contributed by atoms with van der Waals surface area (Å²) in [5.41, 5.74) is 0.988. The van der Waals surface area contributed by atoms with Crippen molar-refractivity contribution in [3.05, 3.63) is 47.0 Å². The third-order valence-corrected chi connectivity index (χ3v) is 3.37. The van der Waals surface area contributed by atoms with Gasteiger partial charge in [0.1, 0.15) is 0 Å². The molecule has 4 nitrogen and oxygen atoms in total. The molecule has 1 aromatic carbocycles. The van der Waals surface area contributed by atoms with E-state index in [1.54, 1.807) is 11.0 Å². The molecule has 5 heteroatoms. The fourth-order valence-corrected chi connectivity index (χ4v) is 2.53. The predicted octanol–water partition coefficient (Wildman–Crippen LogP) is 2.64. The molecule has 0 aromatic heterocycles. The van der Waals surface area contributed by atoms with Crippen molar-refractivity contribution >= 4 is 23.5 Å². The summed E-state index contributed by atoms with van der Waals surface area (Å²) in [6, 6.07) is 7.40. The molecule has 1 aliphatic heterocycles. The minimum atomic E-state index is -1.12. The number of likely N-dealkylation sites (tertiary alicyclic amines) is 1. The van der Waals surface area contributed by atoms with Crippen molar-refractivity contribution in [2.75, 3.05) is 6.54 Å². The van der Waals surface area contributed by atoms with Gasteiger partial charge in [-0.15, -0.1) is 0 Å². The van der Waals surface area contributed by atoms with Crippen LogP contribution < -0.4 is 0 Å². The van der Waals surface area contributed by atoms with Crippen molar-refractivity contribution in [3.63, 3.8) is 0 Å². The number of benzene rings is 1. The number of carboxylic acids is 1. The number of amides is 1. The lowest BCUT2D eigenvalue weighted by Crippen LogP contribution is -2.29. The van der Waals surface area contributed by atoms with Crippen LogP contribution in [0.25, 0.3) is 0 Å². The van der Waals surface area contributed by atoms with Crippen LogP contribution in [-0.2, 0) is 9.59 Å². The summed E-state index contributed by atoms with van der Waals surface area (Å²) in [7, 11) is 0. The standard InChI is InChI=1S/C14H14ClNO3/c15-11-4-1-3-10(9-11)12-5-2-8-16(12)13(17)6-7-14(18)19/h1,3-4,6-7,9,12H,2,5,8H2,(H,18,19)/b7-6+. The highest BCUT2D eigenvalue weighted by molar-refractivity contribution is 6.30. The van der Waals surface area contributed by atoms with Gasteiger partial charge in [0.15, 0.2) is 0 Å². The summed E-state index contributed by atoms with van der Waals surface area (Å²) < 4.78 is 0. The fourth-order valence-electron chi connectivity index (χ4n) is 2.33. The largest absolute Gasteiger partial charge is 0.478 e. The maximum absolute atomic E-state index is 12.0. The molecule has 1 unspecified atom stereocenters. The molecule has 2 rings (SSSR count). The molecule has 0 aliphatic carbocycles. The zero-order valence-corrected chi connectivity index (χ0v) is 11.0. The van der Waals surface area contributed by atoms with E-state index in [-0.39, 0.29) is 11.9 Å². The third kappa shape index (κ3) is 3.35. The molecule has 1 N–H and O–H groups in total. The lowest BCUT2D eigenvalue weighted by molar-refractivity contribution is -0.132. The predicted molar refractivity (Wildman–Crippen MR) is 71.9 cm³/mol. The second-order valence-electron chi connectivity index (χ2n) is 4.42. The first-order chi connectivity index (χ1) is 9.08. The monoisotopic (exact) mass is 279 g/mol. The van der Waals surface area contributed by atoms with Gasteiger partial charge in [0.2, 0.25) is 5.91 Å². The Hall–Kier alpha value is -1.81. The first-order valence-electron chi connectivity index (χ1n) is 6.05. The Labute approximate surface area is 116 Å². The van der Waals surface area contributed by atoms with Crippen LogP contribution in [-0.4, -0.2) is 28.4 Å². The van der Waals surface area contributed by atoms with Gasteiger partial charge in [0.25, 0.3) is 0 Å².